The van der Waals surface area contributed by atoms with Gasteiger partial charge in [-0.2, -0.15) is 0 Å². The fraction of sp³-hybridized carbons (Fsp3) is 0.825. The van der Waals surface area contributed by atoms with E-state index in [0.29, 0.717) is 19.3 Å². The van der Waals surface area contributed by atoms with Crippen molar-refractivity contribution in [2.45, 2.75) is 204 Å². The van der Waals surface area contributed by atoms with Crippen molar-refractivity contribution < 1.29 is 59.0 Å². The maximum Gasteiger partial charge on any atom is 0.472 e. The van der Waals surface area contributed by atoms with Crippen LogP contribution in [0, 0.1) is 0 Å². The van der Waals surface area contributed by atoms with E-state index in [1.807, 2.05) is 6.08 Å². The van der Waals surface area contributed by atoms with Gasteiger partial charge in [-0.3, -0.25) is 13.8 Å². The molecular weight excluding hydrogens is 717 g/mol. The van der Waals surface area contributed by atoms with Gasteiger partial charge in [-0.15, -0.1) is 0 Å². The van der Waals surface area contributed by atoms with Crippen LogP contribution in [-0.4, -0.2) is 108 Å². The van der Waals surface area contributed by atoms with E-state index in [1.165, 1.54) is 70.3 Å². The number of carbonyl (C=O) groups excluding carboxylic acids is 1. The number of aliphatic hydroxyl groups excluding tert-OH is 7. The summed E-state index contributed by atoms with van der Waals surface area (Å²) in [6.07, 6.45) is 18.3. The zero-order valence-electron chi connectivity index (χ0n) is 32.9. The highest BCUT2D eigenvalue weighted by Gasteiger charge is 2.51. The molecule has 13 nitrogen and oxygen atoms in total. The first-order valence-corrected chi connectivity index (χ1v) is 22.0. The number of phosphoric acid groups is 1. The van der Waals surface area contributed by atoms with Crippen molar-refractivity contribution >= 4 is 13.7 Å². The summed E-state index contributed by atoms with van der Waals surface area (Å²) in [4.78, 5) is 23.3. The van der Waals surface area contributed by atoms with Gasteiger partial charge in [-0.25, -0.2) is 4.57 Å². The highest BCUT2D eigenvalue weighted by Crippen LogP contribution is 2.47. The smallest absolute Gasteiger partial charge is 0.393 e. The first kappa shape index (κ1) is 50.5. The lowest BCUT2D eigenvalue weighted by Gasteiger charge is -2.41. The largest absolute Gasteiger partial charge is 0.472 e. The number of hydrogen-bond donors (Lipinski definition) is 9. The lowest BCUT2D eigenvalue weighted by molar-refractivity contribution is -0.220. The van der Waals surface area contributed by atoms with Crippen molar-refractivity contribution in [3.63, 3.8) is 0 Å². The molecule has 0 spiro atoms. The summed E-state index contributed by atoms with van der Waals surface area (Å²) in [7, 11) is -5.14. The molecule has 316 valence electrons. The third-order valence-corrected chi connectivity index (χ3v) is 10.7. The second kappa shape index (κ2) is 30.6. The molecule has 0 aliphatic heterocycles. The van der Waals surface area contributed by atoms with Gasteiger partial charge in [0.1, 0.15) is 36.6 Å². The first-order valence-electron chi connectivity index (χ1n) is 20.5. The standard InChI is InChI=1S/C40H74NO12P/c1-3-5-7-9-11-13-15-16-17-18-20-22-24-26-28-33(43)32(30-52-54(50,51)53-40-38(48)36(46)35(45)37(47)39(40)49)41-34(44)29-31(42)27-25-23-21-19-14-12-10-8-6-4-2/h13,15,18,20,26,28,31-33,35-40,42-43,45-49H,3-12,14,16-17,19,21-25,27,29-30H2,1-2H3,(H,41,44)(H,50,51)/b15-13+,20-18+,28-26+. The van der Waals surface area contributed by atoms with E-state index in [2.05, 4.69) is 37.4 Å². The zero-order valence-corrected chi connectivity index (χ0v) is 33.8. The maximum atomic E-state index is 12.9. The van der Waals surface area contributed by atoms with E-state index >= 15 is 0 Å². The summed E-state index contributed by atoms with van der Waals surface area (Å²) in [5.74, 6) is -0.611. The number of carbonyl (C=O) groups is 1. The van der Waals surface area contributed by atoms with Crippen molar-refractivity contribution in [1.29, 1.82) is 0 Å². The van der Waals surface area contributed by atoms with E-state index in [-0.39, 0.29) is 6.42 Å². The number of rotatable bonds is 32. The molecule has 9 N–H and O–H groups in total. The quantitative estimate of drug-likeness (QED) is 0.0237. The molecule has 0 saturated heterocycles. The van der Waals surface area contributed by atoms with Crippen LogP contribution in [0.15, 0.2) is 36.5 Å². The predicted molar refractivity (Wildman–Crippen MR) is 210 cm³/mol. The molecular formula is C40H74NO12P. The van der Waals surface area contributed by atoms with Gasteiger partial charge in [-0.1, -0.05) is 134 Å². The molecule has 0 bridgehead atoms. The lowest BCUT2D eigenvalue weighted by atomic mass is 9.85. The highest BCUT2D eigenvalue weighted by molar-refractivity contribution is 7.47. The summed E-state index contributed by atoms with van der Waals surface area (Å²) >= 11 is 0. The van der Waals surface area contributed by atoms with Gasteiger partial charge in [0.2, 0.25) is 5.91 Å². The summed E-state index contributed by atoms with van der Waals surface area (Å²) in [5.41, 5.74) is 0. The van der Waals surface area contributed by atoms with Crippen molar-refractivity contribution in [2.24, 2.45) is 0 Å². The Morgan fingerprint density at radius 1 is 0.648 bits per heavy atom. The molecule has 0 aromatic carbocycles. The number of nitrogens with one attached hydrogen (secondary N) is 1. The van der Waals surface area contributed by atoms with Crippen LogP contribution < -0.4 is 5.32 Å². The Morgan fingerprint density at radius 2 is 1.09 bits per heavy atom. The molecule has 1 aliphatic carbocycles. The molecule has 1 aliphatic rings. The van der Waals surface area contributed by atoms with Crippen molar-refractivity contribution in [2.75, 3.05) is 6.61 Å². The van der Waals surface area contributed by atoms with Crippen LogP contribution >= 0.6 is 7.82 Å². The SMILES string of the molecule is CCCCCC/C=C/CC/C=C/CC/C=C/C(O)C(COP(=O)(O)OC1C(O)C(O)C(O)C(O)C1O)NC(=O)CC(O)CCCCCCCCCCCC. The molecule has 1 saturated carbocycles. The minimum atomic E-state index is -5.14. The van der Waals surface area contributed by atoms with Crippen LogP contribution in [0.1, 0.15) is 149 Å². The van der Waals surface area contributed by atoms with Gasteiger partial charge in [0.15, 0.2) is 0 Å². The number of allylic oxidation sites excluding steroid dienone is 5. The van der Waals surface area contributed by atoms with Crippen LogP contribution in [-0.2, 0) is 18.4 Å². The maximum absolute atomic E-state index is 12.9. The van der Waals surface area contributed by atoms with Crippen molar-refractivity contribution in [1.82, 2.24) is 5.32 Å². The molecule has 1 fully saturated rings. The van der Waals surface area contributed by atoms with E-state index < -0.39 is 75.2 Å². The highest BCUT2D eigenvalue weighted by atomic mass is 31.2. The Bertz CT molecular complexity index is 1080. The molecule has 1 rings (SSSR count). The summed E-state index contributed by atoms with van der Waals surface area (Å²) in [6, 6.07) is -1.26. The first-order chi connectivity index (χ1) is 25.8. The second-order valence-corrected chi connectivity index (χ2v) is 16.1. The van der Waals surface area contributed by atoms with Crippen molar-refractivity contribution in [3.05, 3.63) is 36.5 Å². The van der Waals surface area contributed by atoms with Crippen molar-refractivity contribution in [3.8, 4) is 0 Å². The Morgan fingerprint density at radius 3 is 1.63 bits per heavy atom. The van der Waals surface area contributed by atoms with Crippen LogP contribution in [0.4, 0.5) is 0 Å². The van der Waals surface area contributed by atoms with Gasteiger partial charge in [0.25, 0.3) is 0 Å². The van der Waals surface area contributed by atoms with Crippen LogP contribution in [0.5, 0.6) is 0 Å². The van der Waals surface area contributed by atoms with Crippen LogP contribution in [0.2, 0.25) is 0 Å². The third-order valence-electron chi connectivity index (χ3n) is 9.71. The summed E-state index contributed by atoms with van der Waals surface area (Å²) in [6.45, 7) is 3.65. The predicted octanol–water partition coefficient (Wildman–Crippen LogP) is 5.41. The minimum Gasteiger partial charge on any atom is -0.393 e. The molecule has 14 heteroatoms. The fourth-order valence-corrected chi connectivity index (χ4v) is 7.24. The molecule has 0 aromatic heterocycles. The minimum absolute atomic E-state index is 0.255. The third kappa shape index (κ3) is 22.9. The Kier molecular flexibility index (Phi) is 28.7. The van der Waals surface area contributed by atoms with Gasteiger partial charge < -0.3 is 46.0 Å². The molecule has 0 radical (unpaired) electrons. The second-order valence-electron chi connectivity index (χ2n) is 14.7. The lowest BCUT2D eigenvalue weighted by Crippen LogP contribution is -2.64. The summed E-state index contributed by atoms with van der Waals surface area (Å²) in [5, 5.41) is 74.1. The van der Waals surface area contributed by atoms with Crippen LogP contribution in [0.3, 0.4) is 0 Å². The molecule has 8 atom stereocenters. The zero-order chi connectivity index (χ0) is 40.2. The van der Waals surface area contributed by atoms with E-state index in [1.54, 1.807) is 6.08 Å². The number of unbranched alkanes of at least 4 members (excludes halogenated alkanes) is 15. The Hall–Kier alpha value is -1.48. The molecule has 0 aromatic rings. The number of amides is 1. The average Bonchev–Trinajstić information content (AvgIpc) is 3.14. The van der Waals surface area contributed by atoms with E-state index in [9.17, 15) is 50.0 Å². The topological polar surface area (TPSA) is 226 Å². The normalized spacial score (nSPS) is 25.0. The van der Waals surface area contributed by atoms with Gasteiger partial charge in [0, 0.05) is 0 Å². The van der Waals surface area contributed by atoms with Gasteiger partial charge in [-0.05, 0) is 44.9 Å². The van der Waals surface area contributed by atoms with Crippen LogP contribution in [0.25, 0.3) is 0 Å². The monoisotopic (exact) mass is 791 g/mol. The van der Waals surface area contributed by atoms with Gasteiger partial charge in [0.05, 0.1) is 31.3 Å². The number of hydrogen-bond acceptors (Lipinski definition) is 11. The molecule has 0 heterocycles. The molecule has 54 heavy (non-hydrogen) atoms. The molecule has 8 unspecified atom stereocenters. The fourth-order valence-electron chi connectivity index (χ4n) is 6.27. The molecule has 1 amide bonds. The van der Waals surface area contributed by atoms with E-state index in [0.717, 1.165) is 44.9 Å². The number of aliphatic hydroxyl groups is 7. The Labute approximate surface area is 324 Å². The Balaban J connectivity index is 2.68. The summed E-state index contributed by atoms with van der Waals surface area (Å²) < 4.78 is 22.7. The van der Waals surface area contributed by atoms with Gasteiger partial charge >= 0.3 is 7.82 Å². The average molecular weight is 792 g/mol. The number of phosphoric ester groups is 1. The van der Waals surface area contributed by atoms with E-state index in [4.69, 9.17) is 9.05 Å².